The third-order valence-corrected chi connectivity index (χ3v) is 3.14. The number of amides is 1. The Kier molecular flexibility index (Phi) is 4.32. The topological polar surface area (TPSA) is 66.4 Å². The molecule has 108 valence electrons. The summed E-state index contributed by atoms with van der Waals surface area (Å²) in [5.41, 5.74) is -1.21. The van der Waals surface area contributed by atoms with E-state index < -0.39 is 29.1 Å². The first kappa shape index (κ1) is 15.1. The van der Waals surface area contributed by atoms with Crippen LogP contribution in [0.25, 0.3) is 0 Å². The van der Waals surface area contributed by atoms with Gasteiger partial charge in [0.1, 0.15) is 17.2 Å². The van der Waals surface area contributed by atoms with E-state index in [1.807, 2.05) is 0 Å². The van der Waals surface area contributed by atoms with Gasteiger partial charge in [-0.05, 0) is 30.3 Å². The van der Waals surface area contributed by atoms with Gasteiger partial charge in [-0.1, -0.05) is 22.0 Å². The second kappa shape index (κ2) is 6.01. The zero-order valence-electron chi connectivity index (χ0n) is 10.4. The van der Waals surface area contributed by atoms with Crippen LogP contribution < -0.4 is 5.32 Å². The first-order valence-electron chi connectivity index (χ1n) is 5.68. The zero-order chi connectivity index (χ0) is 15.6. The van der Waals surface area contributed by atoms with Crippen LogP contribution in [-0.4, -0.2) is 17.0 Å². The Morgan fingerprint density at radius 2 is 1.81 bits per heavy atom. The third-order valence-electron chi connectivity index (χ3n) is 2.65. The maximum atomic E-state index is 13.6. The SMILES string of the molecule is O=C(Nc1cccc(F)c1C(=O)O)c1cc(Br)ccc1F. The quantitative estimate of drug-likeness (QED) is 0.882. The molecule has 0 aliphatic carbocycles. The van der Waals surface area contributed by atoms with Crippen molar-refractivity contribution in [2.45, 2.75) is 0 Å². The van der Waals surface area contributed by atoms with Crippen LogP contribution in [0.2, 0.25) is 0 Å². The summed E-state index contributed by atoms with van der Waals surface area (Å²) in [6.45, 7) is 0. The van der Waals surface area contributed by atoms with Crippen LogP contribution in [-0.2, 0) is 0 Å². The van der Waals surface area contributed by atoms with Crippen LogP contribution in [0, 0.1) is 11.6 Å². The predicted octanol–water partition coefficient (Wildman–Crippen LogP) is 3.68. The summed E-state index contributed by atoms with van der Waals surface area (Å²) in [5.74, 6) is -4.17. The van der Waals surface area contributed by atoms with Gasteiger partial charge in [0.15, 0.2) is 0 Å². The van der Waals surface area contributed by atoms with Crippen LogP contribution in [0.3, 0.4) is 0 Å². The lowest BCUT2D eigenvalue weighted by molar-refractivity contribution is 0.0693. The minimum Gasteiger partial charge on any atom is -0.478 e. The van der Waals surface area contributed by atoms with Crippen LogP contribution in [0.15, 0.2) is 40.9 Å². The van der Waals surface area contributed by atoms with Crippen molar-refractivity contribution in [3.63, 3.8) is 0 Å². The normalized spacial score (nSPS) is 10.2. The molecule has 4 nitrogen and oxygen atoms in total. The lowest BCUT2D eigenvalue weighted by Gasteiger charge is -2.10. The monoisotopic (exact) mass is 355 g/mol. The number of halogens is 3. The molecule has 0 saturated heterocycles. The number of nitrogens with one attached hydrogen (secondary N) is 1. The van der Waals surface area contributed by atoms with Crippen molar-refractivity contribution in [3.05, 3.63) is 63.6 Å². The van der Waals surface area contributed by atoms with Crippen molar-refractivity contribution in [2.24, 2.45) is 0 Å². The summed E-state index contributed by atoms with van der Waals surface area (Å²) in [7, 11) is 0. The predicted molar refractivity (Wildman–Crippen MR) is 75.4 cm³/mol. The van der Waals surface area contributed by atoms with Gasteiger partial charge >= 0.3 is 5.97 Å². The number of hydrogen-bond acceptors (Lipinski definition) is 2. The molecule has 7 heteroatoms. The number of anilines is 1. The van der Waals surface area contributed by atoms with E-state index in [2.05, 4.69) is 21.2 Å². The fourth-order valence-corrected chi connectivity index (χ4v) is 2.07. The van der Waals surface area contributed by atoms with E-state index in [0.29, 0.717) is 4.47 Å². The highest BCUT2D eigenvalue weighted by Crippen LogP contribution is 2.21. The molecular formula is C14H8BrF2NO3. The average Bonchev–Trinajstić information content (AvgIpc) is 2.41. The van der Waals surface area contributed by atoms with Crippen molar-refractivity contribution in [1.29, 1.82) is 0 Å². The van der Waals surface area contributed by atoms with Crippen molar-refractivity contribution < 1.29 is 23.5 Å². The van der Waals surface area contributed by atoms with Crippen LogP contribution in [0.5, 0.6) is 0 Å². The van der Waals surface area contributed by atoms with Gasteiger partial charge in [0, 0.05) is 4.47 Å². The Hall–Kier alpha value is -2.28. The van der Waals surface area contributed by atoms with E-state index in [1.54, 1.807) is 0 Å². The number of benzene rings is 2. The van der Waals surface area contributed by atoms with Gasteiger partial charge in [-0.2, -0.15) is 0 Å². The van der Waals surface area contributed by atoms with E-state index in [-0.39, 0.29) is 11.3 Å². The van der Waals surface area contributed by atoms with E-state index >= 15 is 0 Å². The minimum absolute atomic E-state index is 0.244. The molecule has 2 aromatic carbocycles. The summed E-state index contributed by atoms with van der Waals surface area (Å²) >= 11 is 3.10. The molecule has 0 radical (unpaired) electrons. The summed E-state index contributed by atoms with van der Waals surface area (Å²) in [5, 5.41) is 11.2. The number of carbonyl (C=O) groups is 2. The summed E-state index contributed by atoms with van der Waals surface area (Å²) in [4.78, 5) is 23.0. The fourth-order valence-electron chi connectivity index (χ4n) is 1.71. The van der Waals surface area contributed by atoms with E-state index in [1.165, 1.54) is 24.3 Å². The Balaban J connectivity index is 2.39. The van der Waals surface area contributed by atoms with Gasteiger partial charge < -0.3 is 10.4 Å². The molecule has 0 aliphatic heterocycles. The molecule has 2 aromatic rings. The Morgan fingerprint density at radius 3 is 2.48 bits per heavy atom. The van der Waals surface area contributed by atoms with Crippen molar-refractivity contribution >= 4 is 33.5 Å². The van der Waals surface area contributed by atoms with Gasteiger partial charge in [-0.3, -0.25) is 4.79 Å². The maximum Gasteiger partial charge on any atom is 0.340 e. The number of carboxylic acid groups (broad SMARTS) is 1. The van der Waals surface area contributed by atoms with Gasteiger partial charge in [-0.15, -0.1) is 0 Å². The van der Waals surface area contributed by atoms with E-state index in [0.717, 1.165) is 12.1 Å². The molecule has 2 N–H and O–H groups in total. The Bertz CT molecular complexity index is 734. The molecule has 1 amide bonds. The van der Waals surface area contributed by atoms with Crippen molar-refractivity contribution in [2.75, 3.05) is 5.32 Å². The molecule has 0 aromatic heterocycles. The lowest BCUT2D eigenvalue weighted by atomic mass is 10.1. The zero-order valence-corrected chi connectivity index (χ0v) is 11.9. The number of carbonyl (C=O) groups excluding carboxylic acids is 1. The highest BCUT2D eigenvalue weighted by molar-refractivity contribution is 9.10. The number of carboxylic acids is 1. The molecule has 0 unspecified atom stereocenters. The van der Waals surface area contributed by atoms with Gasteiger partial charge in [-0.25, -0.2) is 13.6 Å². The second-order valence-electron chi connectivity index (χ2n) is 4.05. The maximum absolute atomic E-state index is 13.6. The molecule has 0 saturated carbocycles. The van der Waals surface area contributed by atoms with Gasteiger partial charge in [0.05, 0.1) is 11.3 Å². The molecule has 2 rings (SSSR count). The van der Waals surface area contributed by atoms with Crippen molar-refractivity contribution in [3.8, 4) is 0 Å². The smallest absolute Gasteiger partial charge is 0.340 e. The summed E-state index contributed by atoms with van der Waals surface area (Å²) in [6, 6.07) is 7.16. The summed E-state index contributed by atoms with van der Waals surface area (Å²) in [6.07, 6.45) is 0. The van der Waals surface area contributed by atoms with Crippen molar-refractivity contribution in [1.82, 2.24) is 0 Å². The van der Waals surface area contributed by atoms with Gasteiger partial charge in [0.25, 0.3) is 5.91 Å². The van der Waals surface area contributed by atoms with E-state index in [4.69, 9.17) is 5.11 Å². The first-order chi connectivity index (χ1) is 9.90. The number of aromatic carboxylic acids is 1. The standard InChI is InChI=1S/C14H8BrF2NO3/c15-7-4-5-9(16)8(6-7)13(19)18-11-3-1-2-10(17)12(11)14(20)21/h1-6H,(H,18,19)(H,20,21). The number of hydrogen-bond donors (Lipinski definition) is 2. The molecular weight excluding hydrogens is 348 g/mol. The average molecular weight is 356 g/mol. The molecule has 0 bridgehead atoms. The molecule has 0 heterocycles. The molecule has 0 aliphatic rings. The first-order valence-corrected chi connectivity index (χ1v) is 6.47. The minimum atomic E-state index is -1.53. The third kappa shape index (κ3) is 3.25. The number of rotatable bonds is 3. The molecule has 0 fully saturated rings. The fraction of sp³-hybridized carbons (Fsp3) is 0. The van der Waals surface area contributed by atoms with E-state index in [9.17, 15) is 18.4 Å². The summed E-state index contributed by atoms with van der Waals surface area (Å²) < 4.78 is 27.6. The van der Waals surface area contributed by atoms with Gasteiger partial charge in [0.2, 0.25) is 0 Å². The largest absolute Gasteiger partial charge is 0.478 e. The highest BCUT2D eigenvalue weighted by atomic mass is 79.9. The second-order valence-corrected chi connectivity index (χ2v) is 4.96. The Morgan fingerprint density at radius 1 is 1.10 bits per heavy atom. The van der Waals surface area contributed by atoms with Crippen LogP contribution >= 0.6 is 15.9 Å². The highest BCUT2D eigenvalue weighted by Gasteiger charge is 2.19. The van der Waals surface area contributed by atoms with Crippen LogP contribution in [0.4, 0.5) is 14.5 Å². The lowest BCUT2D eigenvalue weighted by Crippen LogP contribution is -2.17. The molecule has 0 spiro atoms. The molecule has 0 atom stereocenters. The van der Waals surface area contributed by atoms with Crippen LogP contribution in [0.1, 0.15) is 20.7 Å². The Labute approximate surface area is 126 Å². The molecule has 21 heavy (non-hydrogen) atoms.